The van der Waals surface area contributed by atoms with Crippen molar-refractivity contribution in [3.63, 3.8) is 0 Å². The summed E-state index contributed by atoms with van der Waals surface area (Å²) in [7, 11) is 1.55. The van der Waals surface area contributed by atoms with E-state index < -0.39 is 27.6 Å². The fourth-order valence-electron chi connectivity index (χ4n) is 5.29. The number of anilines is 2. The van der Waals surface area contributed by atoms with Crippen molar-refractivity contribution in [2.75, 3.05) is 50.5 Å². The molecule has 1 aromatic heterocycles. The standard InChI is InChI=1S/C29H34N4O7S/c1-3-17-39-28(35)21-10-11-23(24(19-21)33(36)37)32-26(34)25(29(38-2)41-18-16-30-13-6-7-14-30)27(40-32)31-15-12-20-8-4-5-9-22(20)31/h4-5,8-11,19,29H,3,6-7,12-18H2,1-2H3. The van der Waals surface area contributed by atoms with E-state index in [1.807, 2.05) is 36.1 Å². The number of nitro benzene ring substituents is 1. The normalized spacial score (nSPS) is 15.7. The Balaban J connectivity index is 1.56. The molecule has 3 heterocycles. The van der Waals surface area contributed by atoms with Gasteiger partial charge < -0.3 is 23.8 Å². The molecule has 0 N–H and O–H groups in total. The molecule has 2 aliphatic rings. The molecule has 2 aliphatic heterocycles. The third-order valence-electron chi connectivity index (χ3n) is 7.34. The van der Waals surface area contributed by atoms with Crippen LogP contribution in [-0.4, -0.2) is 66.2 Å². The Morgan fingerprint density at radius 1 is 1.15 bits per heavy atom. The van der Waals surface area contributed by atoms with E-state index in [-0.39, 0.29) is 23.4 Å². The van der Waals surface area contributed by atoms with Gasteiger partial charge in [-0.25, -0.2) is 4.79 Å². The average molecular weight is 583 g/mol. The number of nitro groups is 1. The van der Waals surface area contributed by atoms with Gasteiger partial charge in [-0.15, -0.1) is 16.5 Å². The Hall–Kier alpha value is -3.61. The second-order valence-corrected chi connectivity index (χ2v) is 11.2. The number of carbonyl (C=O) groups is 1. The molecule has 0 saturated carbocycles. The lowest BCUT2D eigenvalue weighted by molar-refractivity contribution is -0.384. The van der Waals surface area contributed by atoms with Gasteiger partial charge in [-0.3, -0.25) is 14.9 Å². The highest BCUT2D eigenvalue weighted by Gasteiger charge is 2.35. The fraction of sp³-hybridized carbons (Fsp3) is 0.448. The van der Waals surface area contributed by atoms with E-state index in [1.165, 1.54) is 36.7 Å². The number of fused-ring (bicyclic) bond motifs is 1. The summed E-state index contributed by atoms with van der Waals surface area (Å²) in [4.78, 5) is 42.2. The molecule has 1 fully saturated rings. The number of ether oxygens (including phenoxy) is 2. The predicted molar refractivity (Wildman–Crippen MR) is 157 cm³/mol. The van der Waals surface area contributed by atoms with Crippen molar-refractivity contribution in [2.45, 2.75) is 38.0 Å². The van der Waals surface area contributed by atoms with Gasteiger partial charge in [0.15, 0.2) is 5.69 Å². The van der Waals surface area contributed by atoms with Gasteiger partial charge in [0.05, 0.1) is 17.1 Å². The maximum Gasteiger partial charge on any atom is 0.338 e. The molecule has 41 heavy (non-hydrogen) atoms. The molecule has 11 nitrogen and oxygen atoms in total. The Kier molecular flexibility index (Phi) is 9.11. The van der Waals surface area contributed by atoms with Crippen LogP contribution in [0.5, 0.6) is 0 Å². The van der Waals surface area contributed by atoms with E-state index in [9.17, 15) is 19.7 Å². The predicted octanol–water partition coefficient (Wildman–Crippen LogP) is 5.07. The van der Waals surface area contributed by atoms with E-state index in [0.29, 0.717) is 18.8 Å². The number of rotatable bonds is 12. The summed E-state index contributed by atoms with van der Waals surface area (Å²) in [5.41, 5.74) is 0.618. The van der Waals surface area contributed by atoms with Crippen molar-refractivity contribution in [1.29, 1.82) is 0 Å². The minimum absolute atomic E-state index is 0.0228. The number of methoxy groups -OCH3 is 1. The van der Waals surface area contributed by atoms with Crippen LogP contribution >= 0.6 is 11.8 Å². The molecule has 218 valence electrons. The third kappa shape index (κ3) is 6.04. The zero-order valence-corrected chi connectivity index (χ0v) is 24.1. The summed E-state index contributed by atoms with van der Waals surface area (Å²) in [5, 5.41) is 12.1. The molecule has 1 unspecified atom stereocenters. The number of likely N-dealkylation sites (tertiary alicyclic amines) is 1. The van der Waals surface area contributed by atoms with Crippen molar-refractivity contribution in [1.82, 2.24) is 9.64 Å². The average Bonchev–Trinajstić information content (AvgIpc) is 3.73. The highest BCUT2D eigenvalue weighted by Crippen LogP contribution is 2.41. The summed E-state index contributed by atoms with van der Waals surface area (Å²) in [6, 6.07) is 11.7. The molecule has 0 bridgehead atoms. The van der Waals surface area contributed by atoms with Crippen LogP contribution in [0.2, 0.25) is 0 Å². The molecule has 0 spiro atoms. The number of aromatic nitrogens is 1. The van der Waals surface area contributed by atoms with Crippen molar-refractivity contribution in [2.24, 2.45) is 0 Å². The molecule has 1 saturated heterocycles. The van der Waals surface area contributed by atoms with E-state index in [2.05, 4.69) is 4.90 Å². The van der Waals surface area contributed by atoms with Crippen LogP contribution in [0.1, 0.15) is 53.1 Å². The number of benzene rings is 2. The van der Waals surface area contributed by atoms with Gasteiger partial charge in [0, 0.05) is 37.7 Å². The molecule has 1 atom stereocenters. The van der Waals surface area contributed by atoms with Crippen LogP contribution in [0, 0.1) is 10.1 Å². The van der Waals surface area contributed by atoms with Crippen LogP contribution in [0.15, 0.2) is 51.8 Å². The topological polar surface area (TPSA) is 120 Å². The van der Waals surface area contributed by atoms with Gasteiger partial charge in [0.2, 0.25) is 5.88 Å². The number of carbonyl (C=O) groups excluding carboxylic acids is 1. The zero-order chi connectivity index (χ0) is 28.9. The molecule has 0 aliphatic carbocycles. The Labute approximate surface area is 242 Å². The molecule has 5 rings (SSSR count). The van der Waals surface area contributed by atoms with Crippen LogP contribution in [0.3, 0.4) is 0 Å². The zero-order valence-electron chi connectivity index (χ0n) is 23.2. The Morgan fingerprint density at radius 3 is 2.66 bits per heavy atom. The van der Waals surface area contributed by atoms with Crippen LogP contribution in [0.4, 0.5) is 17.3 Å². The van der Waals surface area contributed by atoms with Crippen molar-refractivity contribution in [3.05, 3.63) is 79.6 Å². The number of nitrogens with zero attached hydrogens (tertiary/aromatic N) is 4. The summed E-state index contributed by atoms with van der Waals surface area (Å²) in [5.74, 6) is 0.367. The maximum atomic E-state index is 14.0. The quantitative estimate of drug-likeness (QED) is 0.124. The van der Waals surface area contributed by atoms with Crippen molar-refractivity contribution < 1.29 is 23.7 Å². The van der Waals surface area contributed by atoms with E-state index in [1.54, 1.807) is 7.11 Å². The second kappa shape index (κ2) is 12.9. The summed E-state index contributed by atoms with van der Waals surface area (Å²) >= 11 is 1.50. The van der Waals surface area contributed by atoms with Gasteiger partial charge in [-0.2, -0.15) is 0 Å². The fourth-order valence-corrected chi connectivity index (χ4v) is 6.37. The molecule has 3 aromatic rings. The molecular formula is C29H34N4O7S. The Bertz CT molecular complexity index is 1460. The van der Waals surface area contributed by atoms with E-state index >= 15 is 0 Å². The van der Waals surface area contributed by atoms with Gasteiger partial charge in [0.25, 0.3) is 11.2 Å². The van der Waals surface area contributed by atoms with Crippen LogP contribution in [-0.2, 0) is 15.9 Å². The SMILES string of the molecule is CCCOC(=O)c1ccc(-n2oc(N3CCc4ccccc43)c(C(OC)SCCN3CCCC3)c2=O)c([N+](=O)[O-])c1. The highest BCUT2D eigenvalue weighted by molar-refractivity contribution is 7.99. The maximum absolute atomic E-state index is 14.0. The largest absolute Gasteiger partial charge is 0.462 e. The lowest BCUT2D eigenvalue weighted by Gasteiger charge is -2.21. The van der Waals surface area contributed by atoms with E-state index in [0.717, 1.165) is 53.9 Å². The molecule has 12 heteroatoms. The smallest absolute Gasteiger partial charge is 0.338 e. The van der Waals surface area contributed by atoms with E-state index in [4.69, 9.17) is 14.0 Å². The molecule has 2 aromatic carbocycles. The first-order valence-electron chi connectivity index (χ1n) is 13.9. The van der Waals surface area contributed by atoms with Gasteiger partial charge in [-0.1, -0.05) is 25.1 Å². The van der Waals surface area contributed by atoms with Crippen molar-refractivity contribution in [3.8, 4) is 5.69 Å². The minimum Gasteiger partial charge on any atom is -0.462 e. The molecule has 0 radical (unpaired) electrons. The molecule has 0 amide bonds. The van der Waals surface area contributed by atoms with Gasteiger partial charge >= 0.3 is 5.97 Å². The first kappa shape index (κ1) is 28.9. The summed E-state index contributed by atoms with van der Waals surface area (Å²) < 4.78 is 18.1. The number of para-hydroxylation sites is 1. The third-order valence-corrected chi connectivity index (χ3v) is 8.49. The molecular weight excluding hydrogens is 548 g/mol. The van der Waals surface area contributed by atoms with Crippen LogP contribution < -0.4 is 10.5 Å². The number of esters is 1. The number of hydrogen-bond acceptors (Lipinski definition) is 10. The monoisotopic (exact) mass is 582 g/mol. The first-order valence-corrected chi connectivity index (χ1v) is 14.9. The Morgan fingerprint density at radius 2 is 1.93 bits per heavy atom. The van der Waals surface area contributed by atoms with Crippen molar-refractivity contribution >= 4 is 35.0 Å². The van der Waals surface area contributed by atoms with Crippen LogP contribution in [0.25, 0.3) is 5.69 Å². The lowest BCUT2D eigenvalue weighted by atomic mass is 10.1. The number of hydrogen-bond donors (Lipinski definition) is 0. The highest BCUT2D eigenvalue weighted by atomic mass is 32.2. The minimum atomic E-state index is -0.669. The number of thioether (sulfide) groups is 1. The summed E-state index contributed by atoms with van der Waals surface area (Å²) in [6.45, 7) is 5.65. The second-order valence-electron chi connectivity index (χ2n) is 10.0. The van der Waals surface area contributed by atoms with Gasteiger partial charge in [0.1, 0.15) is 11.0 Å². The first-order chi connectivity index (χ1) is 19.9. The lowest BCUT2D eigenvalue weighted by Crippen LogP contribution is -2.24. The summed E-state index contributed by atoms with van der Waals surface area (Å²) in [6.07, 6.45) is 3.77. The van der Waals surface area contributed by atoms with Gasteiger partial charge in [-0.05, 0) is 62.5 Å².